The second-order valence-electron chi connectivity index (χ2n) is 6.60. The quantitative estimate of drug-likeness (QED) is 0.695. The molecule has 0 bridgehead atoms. The molecule has 3 rings (SSSR count). The smallest absolute Gasteiger partial charge is 0.244 e. The fourth-order valence-electron chi connectivity index (χ4n) is 3.04. The van der Waals surface area contributed by atoms with Crippen molar-refractivity contribution < 1.29 is 13.2 Å². The standard InChI is InChI=1S/C19H20Cl3N3O3S/c20-15-5-2-1-4-14(15)12-23-18(26)13-24-8-10-25(11-9-24)29(27,28)17-7-3-6-16(21)19(17)22/h1-7H,8-13H2,(H,23,26). The van der Waals surface area contributed by atoms with Gasteiger partial charge in [-0.05, 0) is 23.8 Å². The van der Waals surface area contributed by atoms with E-state index in [9.17, 15) is 13.2 Å². The lowest BCUT2D eigenvalue weighted by molar-refractivity contribution is -0.122. The van der Waals surface area contributed by atoms with Crippen LogP contribution in [0.5, 0.6) is 0 Å². The van der Waals surface area contributed by atoms with E-state index in [0.29, 0.717) is 24.7 Å². The second-order valence-corrected chi connectivity index (χ2v) is 9.70. The number of amides is 1. The molecule has 156 valence electrons. The Bertz CT molecular complexity index is 993. The highest BCUT2D eigenvalue weighted by Crippen LogP contribution is 2.31. The van der Waals surface area contributed by atoms with Gasteiger partial charge in [0.05, 0.1) is 16.6 Å². The third-order valence-electron chi connectivity index (χ3n) is 4.67. The number of benzene rings is 2. The van der Waals surface area contributed by atoms with Crippen molar-refractivity contribution in [1.29, 1.82) is 0 Å². The van der Waals surface area contributed by atoms with Crippen molar-refractivity contribution in [2.45, 2.75) is 11.4 Å². The van der Waals surface area contributed by atoms with E-state index in [-0.39, 0.29) is 40.5 Å². The molecule has 1 amide bonds. The van der Waals surface area contributed by atoms with Crippen molar-refractivity contribution in [3.8, 4) is 0 Å². The van der Waals surface area contributed by atoms with Gasteiger partial charge in [0.25, 0.3) is 0 Å². The van der Waals surface area contributed by atoms with Gasteiger partial charge in [0, 0.05) is 37.7 Å². The topological polar surface area (TPSA) is 69.7 Å². The van der Waals surface area contributed by atoms with E-state index in [0.717, 1.165) is 5.56 Å². The molecular weight excluding hydrogens is 457 g/mol. The average molecular weight is 477 g/mol. The molecule has 1 aliphatic heterocycles. The van der Waals surface area contributed by atoms with Crippen molar-refractivity contribution in [1.82, 2.24) is 14.5 Å². The first-order chi connectivity index (χ1) is 13.8. The summed E-state index contributed by atoms with van der Waals surface area (Å²) in [6.45, 7) is 1.95. The van der Waals surface area contributed by atoms with Gasteiger partial charge in [0.1, 0.15) is 4.90 Å². The number of rotatable bonds is 6. The highest BCUT2D eigenvalue weighted by atomic mass is 35.5. The molecule has 0 aliphatic carbocycles. The highest BCUT2D eigenvalue weighted by molar-refractivity contribution is 7.89. The number of halogens is 3. The van der Waals surface area contributed by atoms with Crippen LogP contribution in [0, 0.1) is 0 Å². The SMILES string of the molecule is O=C(CN1CCN(S(=O)(=O)c2cccc(Cl)c2Cl)CC1)NCc1ccccc1Cl. The number of hydrogen-bond donors (Lipinski definition) is 1. The first-order valence-corrected chi connectivity index (χ1v) is 11.5. The maximum atomic E-state index is 12.9. The first-order valence-electron chi connectivity index (χ1n) is 8.95. The predicted molar refractivity (Wildman–Crippen MR) is 115 cm³/mol. The molecule has 10 heteroatoms. The van der Waals surface area contributed by atoms with Gasteiger partial charge in [0.2, 0.25) is 15.9 Å². The lowest BCUT2D eigenvalue weighted by atomic mass is 10.2. The zero-order chi connectivity index (χ0) is 21.0. The highest BCUT2D eigenvalue weighted by Gasteiger charge is 2.31. The van der Waals surface area contributed by atoms with Gasteiger partial charge in [-0.3, -0.25) is 9.69 Å². The Kier molecular flexibility index (Phi) is 7.42. The van der Waals surface area contributed by atoms with E-state index < -0.39 is 10.0 Å². The number of sulfonamides is 1. The third kappa shape index (κ3) is 5.42. The molecule has 2 aromatic carbocycles. The van der Waals surface area contributed by atoms with Gasteiger partial charge >= 0.3 is 0 Å². The Hall–Kier alpha value is -1.35. The van der Waals surface area contributed by atoms with Gasteiger partial charge in [-0.15, -0.1) is 0 Å². The Labute approximate surface area is 185 Å². The number of piperazine rings is 1. The van der Waals surface area contributed by atoms with E-state index in [2.05, 4.69) is 5.32 Å². The van der Waals surface area contributed by atoms with Crippen LogP contribution in [0.1, 0.15) is 5.56 Å². The maximum Gasteiger partial charge on any atom is 0.244 e. The van der Waals surface area contributed by atoms with Crippen LogP contribution in [-0.2, 0) is 21.4 Å². The molecular formula is C19H20Cl3N3O3S. The van der Waals surface area contributed by atoms with Gasteiger partial charge in [-0.25, -0.2) is 8.42 Å². The molecule has 0 radical (unpaired) electrons. The molecule has 1 N–H and O–H groups in total. The summed E-state index contributed by atoms with van der Waals surface area (Å²) in [5.74, 6) is -0.140. The van der Waals surface area contributed by atoms with Gasteiger partial charge in [0.15, 0.2) is 0 Å². The predicted octanol–water partition coefficient (Wildman–Crippen LogP) is 3.27. The van der Waals surface area contributed by atoms with Crippen molar-refractivity contribution in [3.63, 3.8) is 0 Å². The van der Waals surface area contributed by atoms with E-state index in [4.69, 9.17) is 34.8 Å². The Balaban J connectivity index is 1.53. The van der Waals surface area contributed by atoms with Crippen LogP contribution in [0.4, 0.5) is 0 Å². The number of carbonyl (C=O) groups excluding carboxylic acids is 1. The monoisotopic (exact) mass is 475 g/mol. The van der Waals surface area contributed by atoms with Crippen molar-refractivity contribution in [3.05, 3.63) is 63.1 Å². The first kappa shape index (κ1) is 22.3. The lowest BCUT2D eigenvalue weighted by Gasteiger charge is -2.33. The average Bonchev–Trinajstić information content (AvgIpc) is 2.70. The van der Waals surface area contributed by atoms with Gasteiger partial charge in [-0.1, -0.05) is 59.1 Å². The summed E-state index contributed by atoms with van der Waals surface area (Å²) in [6.07, 6.45) is 0. The summed E-state index contributed by atoms with van der Waals surface area (Å²) in [4.78, 5) is 14.1. The van der Waals surface area contributed by atoms with E-state index in [1.165, 1.54) is 10.4 Å². The fourth-order valence-corrected chi connectivity index (χ4v) is 5.41. The molecule has 0 aromatic heterocycles. The lowest BCUT2D eigenvalue weighted by Crippen LogP contribution is -2.51. The number of carbonyl (C=O) groups is 1. The molecule has 1 fully saturated rings. The Morgan fingerprint density at radius 2 is 1.59 bits per heavy atom. The molecule has 0 spiro atoms. The molecule has 1 heterocycles. The van der Waals surface area contributed by atoms with E-state index in [1.807, 2.05) is 23.1 Å². The number of hydrogen-bond acceptors (Lipinski definition) is 4. The summed E-state index contributed by atoms with van der Waals surface area (Å²) in [7, 11) is -3.74. The molecule has 29 heavy (non-hydrogen) atoms. The van der Waals surface area contributed by atoms with Crippen LogP contribution in [0.25, 0.3) is 0 Å². The maximum absolute atomic E-state index is 12.9. The van der Waals surface area contributed by atoms with Crippen LogP contribution in [0.2, 0.25) is 15.1 Å². The second kappa shape index (κ2) is 9.64. The van der Waals surface area contributed by atoms with E-state index in [1.54, 1.807) is 18.2 Å². The Morgan fingerprint density at radius 3 is 2.28 bits per heavy atom. The normalized spacial score (nSPS) is 16.0. The number of nitrogens with zero attached hydrogens (tertiary/aromatic N) is 2. The number of nitrogens with one attached hydrogen (secondary N) is 1. The van der Waals surface area contributed by atoms with Crippen LogP contribution in [0.15, 0.2) is 47.4 Å². The van der Waals surface area contributed by atoms with Crippen molar-refractivity contribution in [2.24, 2.45) is 0 Å². The summed E-state index contributed by atoms with van der Waals surface area (Å²) >= 11 is 18.1. The van der Waals surface area contributed by atoms with E-state index >= 15 is 0 Å². The fraction of sp³-hybridized carbons (Fsp3) is 0.316. The molecule has 0 unspecified atom stereocenters. The summed E-state index contributed by atoms with van der Waals surface area (Å²) in [6, 6.07) is 11.9. The molecule has 2 aromatic rings. The Morgan fingerprint density at radius 1 is 0.931 bits per heavy atom. The van der Waals surface area contributed by atoms with Gasteiger partial charge in [-0.2, -0.15) is 4.31 Å². The minimum absolute atomic E-state index is 0.00222. The zero-order valence-corrected chi connectivity index (χ0v) is 18.5. The molecule has 0 atom stereocenters. The molecule has 0 saturated carbocycles. The van der Waals surface area contributed by atoms with Crippen LogP contribution < -0.4 is 5.32 Å². The van der Waals surface area contributed by atoms with Crippen LogP contribution >= 0.6 is 34.8 Å². The minimum Gasteiger partial charge on any atom is -0.351 e. The van der Waals surface area contributed by atoms with Crippen LogP contribution in [0.3, 0.4) is 0 Å². The molecule has 6 nitrogen and oxygen atoms in total. The molecule has 1 aliphatic rings. The van der Waals surface area contributed by atoms with Crippen molar-refractivity contribution in [2.75, 3.05) is 32.7 Å². The zero-order valence-electron chi connectivity index (χ0n) is 15.4. The van der Waals surface area contributed by atoms with Crippen molar-refractivity contribution >= 4 is 50.7 Å². The molecule has 1 saturated heterocycles. The summed E-state index contributed by atoms with van der Waals surface area (Å²) in [5.41, 5.74) is 0.844. The third-order valence-corrected chi connectivity index (χ3v) is 7.91. The van der Waals surface area contributed by atoms with Gasteiger partial charge < -0.3 is 5.32 Å². The summed E-state index contributed by atoms with van der Waals surface area (Å²) < 4.78 is 27.1. The minimum atomic E-state index is -3.74. The largest absolute Gasteiger partial charge is 0.351 e. The summed E-state index contributed by atoms with van der Waals surface area (Å²) in [5, 5.41) is 3.66. The van der Waals surface area contributed by atoms with Crippen LogP contribution in [-0.4, -0.2) is 56.3 Å².